The predicted octanol–water partition coefficient (Wildman–Crippen LogP) is 4.07. The first-order valence-electron chi connectivity index (χ1n) is 11.0. The first-order valence-corrected chi connectivity index (χ1v) is 11.3. The van der Waals surface area contributed by atoms with Crippen molar-refractivity contribution in [3.63, 3.8) is 0 Å². The van der Waals surface area contributed by atoms with Crippen LogP contribution >= 0.6 is 11.6 Å². The fourth-order valence-corrected chi connectivity index (χ4v) is 3.90. The lowest BCUT2D eigenvalue weighted by molar-refractivity contribution is -0.117. The maximum absolute atomic E-state index is 13.1. The number of nitrogens with zero attached hydrogens (tertiary/aromatic N) is 1. The Balaban J connectivity index is 1.33. The highest BCUT2D eigenvalue weighted by atomic mass is 35.5. The number of aromatic nitrogens is 2. The molecule has 0 radical (unpaired) electrons. The summed E-state index contributed by atoms with van der Waals surface area (Å²) in [4.78, 5) is 33.7. The molecule has 2 heterocycles. The molecule has 4 aromatic rings. The first kappa shape index (κ1) is 22.5. The second-order valence-corrected chi connectivity index (χ2v) is 8.22. The molecule has 1 aliphatic heterocycles. The van der Waals surface area contributed by atoms with Gasteiger partial charge in [0.15, 0.2) is 11.5 Å². The molecule has 0 saturated carbocycles. The van der Waals surface area contributed by atoms with E-state index in [0.717, 1.165) is 16.9 Å². The summed E-state index contributed by atoms with van der Waals surface area (Å²) >= 11 is 6.17. The largest absolute Gasteiger partial charge is 0.454 e. The van der Waals surface area contributed by atoms with Gasteiger partial charge in [-0.25, -0.2) is 4.98 Å². The van der Waals surface area contributed by atoms with Gasteiger partial charge in [0.1, 0.15) is 11.5 Å². The summed E-state index contributed by atoms with van der Waals surface area (Å²) in [6.07, 6.45) is 2.07. The Morgan fingerprint density at radius 2 is 1.83 bits per heavy atom. The van der Waals surface area contributed by atoms with Gasteiger partial charge >= 0.3 is 0 Å². The van der Waals surface area contributed by atoms with Gasteiger partial charge in [-0.1, -0.05) is 41.9 Å². The maximum Gasteiger partial charge on any atom is 0.267 e. The number of carbonyl (C=O) groups excluding carboxylic acids is 2. The van der Waals surface area contributed by atoms with Gasteiger partial charge in [-0.15, -0.1) is 0 Å². The Morgan fingerprint density at radius 3 is 2.69 bits per heavy atom. The van der Waals surface area contributed by atoms with Crippen LogP contribution in [0.3, 0.4) is 0 Å². The molecule has 1 aromatic heterocycles. The number of hydrogen-bond donors (Lipinski definition) is 3. The third-order valence-corrected chi connectivity index (χ3v) is 5.73. The van der Waals surface area contributed by atoms with Crippen molar-refractivity contribution in [1.82, 2.24) is 20.6 Å². The number of H-pyrrole nitrogens is 1. The Hall–Kier alpha value is -4.30. The summed E-state index contributed by atoms with van der Waals surface area (Å²) in [6, 6.07) is 19.6. The number of amides is 2. The zero-order valence-corrected chi connectivity index (χ0v) is 19.3. The highest BCUT2D eigenvalue weighted by molar-refractivity contribution is 6.34. The van der Waals surface area contributed by atoms with Crippen molar-refractivity contribution in [2.24, 2.45) is 0 Å². The average Bonchev–Trinajstić information content (AvgIpc) is 3.50. The molecular weight excluding hydrogens is 468 g/mol. The van der Waals surface area contributed by atoms with E-state index in [0.29, 0.717) is 30.0 Å². The van der Waals surface area contributed by atoms with Crippen LogP contribution in [0.5, 0.6) is 11.5 Å². The van der Waals surface area contributed by atoms with E-state index >= 15 is 0 Å². The van der Waals surface area contributed by atoms with Crippen molar-refractivity contribution in [2.45, 2.75) is 6.42 Å². The Kier molecular flexibility index (Phi) is 6.36. The summed E-state index contributed by atoms with van der Waals surface area (Å²) in [5, 5.41) is 5.83. The van der Waals surface area contributed by atoms with Gasteiger partial charge in [-0.05, 0) is 48.0 Å². The number of rotatable bonds is 7. The van der Waals surface area contributed by atoms with Crippen LogP contribution in [0.15, 0.2) is 72.4 Å². The molecule has 8 nitrogen and oxygen atoms in total. The molecule has 0 saturated heterocycles. The Bertz CT molecular complexity index is 1410. The molecule has 0 unspecified atom stereocenters. The molecule has 176 valence electrons. The second-order valence-electron chi connectivity index (χ2n) is 7.81. The third-order valence-electron chi connectivity index (χ3n) is 5.40. The number of fused-ring (bicyclic) bond motifs is 2. The number of nitrogens with one attached hydrogen (secondary N) is 3. The number of para-hydroxylation sites is 2. The fraction of sp³-hybridized carbons (Fsp3) is 0.115. The van der Waals surface area contributed by atoms with Gasteiger partial charge < -0.3 is 25.1 Å². The molecule has 0 bridgehead atoms. The minimum atomic E-state index is -0.491. The van der Waals surface area contributed by atoms with Crippen LogP contribution in [0, 0.1) is 0 Å². The van der Waals surface area contributed by atoms with E-state index in [9.17, 15) is 9.59 Å². The van der Waals surface area contributed by atoms with Gasteiger partial charge in [0.2, 0.25) is 6.79 Å². The highest BCUT2D eigenvalue weighted by Gasteiger charge is 2.18. The number of carbonyl (C=O) groups is 2. The van der Waals surface area contributed by atoms with E-state index < -0.39 is 11.8 Å². The van der Waals surface area contributed by atoms with E-state index in [-0.39, 0.29) is 23.1 Å². The van der Waals surface area contributed by atoms with E-state index in [1.165, 1.54) is 0 Å². The number of imidazole rings is 1. The maximum atomic E-state index is 13.1. The average molecular weight is 489 g/mol. The lowest BCUT2D eigenvalue weighted by Gasteiger charge is -2.12. The zero-order chi connectivity index (χ0) is 24.2. The van der Waals surface area contributed by atoms with Crippen molar-refractivity contribution in [3.05, 3.63) is 94.4 Å². The fourth-order valence-electron chi connectivity index (χ4n) is 3.68. The summed E-state index contributed by atoms with van der Waals surface area (Å²) in [6.45, 7) is 0.458. The molecule has 0 atom stereocenters. The van der Waals surface area contributed by atoms with Crippen molar-refractivity contribution in [1.29, 1.82) is 0 Å². The third kappa shape index (κ3) is 5.12. The SMILES string of the molecule is O=C(NCCc1nc2ccccc2[nH]1)/C(=C\c1ccc2c(c1)OCO2)NC(=O)c1ccccc1Cl. The molecule has 0 spiro atoms. The molecule has 1 aliphatic rings. The monoisotopic (exact) mass is 488 g/mol. The molecule has 35 heavy (non-hydrogen) atoms. The van der Waals surface area contributed by atoms with Crippen LogP contribution in [0.4, 0.5) is 0 Å². The standard InChI is InChI=1S/C26H21ClN4O4/c27-18-6-2-1-5-17(18)25(32)31-21(13-16-9-10-22-23(14-16)35-15-34-22)26(33)28-12-11-24-29-19-7-3-4-8-20(19)30-24/h1-10,13-14H,11-12,15H2,(H,28,33)(H,29,30)(H,31,32)/b21-13+. The van der Waals surface area contributed by atoms with Gasteiger partial charge in [0.05, 0.1) is 21.6 Å². The highest BCUT2D eigenvalue weighted by Crippen LogP contribution is 2.33. The van der Waals surface area contributed by atoms with E-state index in [4.69, 9.17) is 21.1 Å². The van der Waals surface area contributed by atoms with Gasteiger partial charge in [0, 0.05) is 13.0 Å². The van der Waals surface area contributed by atoms with Crippen LogP contribution in [0.25, 0.3) is 17.1 Å². The lowest BCUT2D eigenvalue weighted by atomic mass is 10.1. The topological polar surface area (TPSA) is 105 Å². The van der Waals surface area contributed by atoms with E-state index in [1.54, 1.807) is 48.5 Å². The minimum Gasteiger partial charge on any atom is -0.454 e. The van der Waals surface area contributed by atoms with Crippen molar-refractivity contribution >= 4 is 40.5 Å². The normalized spacial score (nSPS) is 12.5. The number of hydrogen-bond acceptors (Lipinski definition) is 5. The molecule has 0 aliphatic carbocycles. The van der Waals surface area contributed by atoms with Gasteiger partial charge in [-0.3, -0.25) is 9.59 Å². The first-order chi connectivity index (χ1) is 17.1. The van der Waals surface area contributed by atoms with Crippen LogP contribution in [0.2, 0.25) is 5.02 Å². The molecule has 3 aromatic carbocycles. The summed E-state index contributed by atoms with van der Waals surface area (Å²) in [5.74, 6) is 1.02. The van der Waals surface area contributed by atoms with Crippen molar-refractivity contribution in [3.8, 4) is 11.5 Å². The lowest BCUT2D eigenvalue weighted by Crippen LogP contribution is -2.36. The quantitative estimate of drug-likeness (QED) is 0.340. The summed E-state index contributed by atoms with van der Waals surface area (Å²) in [7, 11) is 0. The van der Waals surface area contributed by atoms with Crippen LogP contribution < -0.4 is 20.1 Å². The molecular formula is C26H21ClN4O4. The second kappa shape index (κ2) is 9.90. The molecule has 2 amide bonds. The van der Waals surface area contributed by atoms with Crippen LogP contribution in [-0.4, -0.2) is 35.1 Å². The Labute approximate surface area is 205 Å². The summed E-state index contributed by atoms with van der Waals surface area (Å²) in [5.41, 5.74) is 2.80. The van der Waals surface area contributed by atoms with Crippen LogP contribution in [-0.2, 0) is 11.2 Å². The van der Waals surface area contributed by atoms with E-state index in [1.807, 2.05) is 24.3 Å². The molecule has 3 N–H and O–H groups in total. The Morgan fingerprint density at radius 1 is 1.03 bits per heavy atom. The smallest absolute Gasteiger partial charge is 0.267 e. The van der Waals surface area contributed by atoms with Gasteiger partial charge in [-0.2, -0.15) is 0 Å². The van der Waals surface area contributed by atoms with Crippen LogP contribution in [0.1, 0.15) is 21.7 Å². The minimum absolute atomic E-state index is 0.0680. The predicted molar refractivity (Wildman–Crippen MR) is 132 cm³/mol. The van der Waals surface area contributed by atoms with E-state index in [2.05, 4.69) is 20.6 Å². The van der Waals surface area contributed by atoms with Gasteiger partial charge in [0.25, 0.3) is 11.8 Å². The number of ether oxygens (including phenoxy) is 2. The molecule has 9 heteroatoms. The van der Waals surface area contributed by atoms with Crippen molar-refractivity contribution < 1.29 is 19.1 Å². The summed E-state index contributed by atoms with van der Waals surface area (Å²) < 4.78 is 10.8. The number of aromatic amines is 1. The molecule has 5 rings (SSSR count). The zero-order valence-electron chi connectivity index (χ0n) is 18.5. The number of benzene rings is 3. The molecule has 0 fully saturated rings. The number of halogens is 1. The van der Waals surface area contributed by atoms with Crippen molar-refractivity contribution in [2.75, 3.05) is 13.3 Å².